The van der Waals surface area contributed by atoms with Gasteiger partial charge in [-0.25, -0.2) is 8.42 Å². The van der Waals surface area contributed by atoms with Crippen molar-refractivity contribution in [2.75, 3.05) is 6.26 Å². The lowest BCUT2D eigenvalue weighted by molar-refractivity contribution is 0.377. The maximum absolute atomic E-state index is 13.2. The third kappa shape index (κ3) is 7.03. The molecule has 2 nitrogen and oxygen atoms in total. The number of thioether (sulfide) groups is 3. The molecule has 4 aliphatic carbocycles. The standard InChI is InChI=1S/C26H46O2S4/c1-19-3-15-25(16-4-19)32(27,28)26-17-13-24(14-18-26)31-23-11-9-22(10-12-23)30-21-7-5-20(29-2)6-8-21/h19-26H,3-18H2,1-2H3. The number of hydrogen-bond acceptors (Lipinski definition) is 5. The fourth-order valence-electron chi connectivity index (χ4n) is 6.58. The number of rotatable bonds is 7. The van der Waals surface area contributed by atoms with Gasteiger partial charge in [0.05, 0.1) is 10.5 Å². The Labute approximate surface area is 211 Å². The van der Waals surface area contributed by atoms with Gasteiger partial charge in [-0.3, -0.25) is 0 Å². The molecule has 4 aliphatic rings. The molecule has 6 heteroatoms. The summed E-state index contributed by atoms with van der Waals surface area (Å²) in [5, 5.41) is 4.23. The van der Waals surface area contributed by atoms with Crippen LogP contribution in [0.3, 0.4) is 0 Å². The van der Waals surface area contributed by atoms with Crippen LogP contribution in [0.1, 0.15) is 110 Å². The van der Waals surface area contributed by atoms with E-state index in [1.165, 1.54) is 51.4 Å². The first-order chi connectivity index (χ1) is 15.4. The highest BCUT2D eigenvalue weighted by molar-refractivity contribution is 8.01. The first-order valence-corrected chi connectivity index (χ1v) is 18.3. The van der Waals surface area contributed by atoms with Gasteiger partial charge in [0.15, 0.2) is 9.84 Å². The zero-order chi connectivity index (χ0) is 22.6. The minimum absolute atomic E-state index is 0.0311. The number of hydrogen-bond donors (Lipinski definition) is 0. The van der Waals surface area contributed by atoms with E-state index in [0.29, 0.717) is 5.25 Å². The third-order valence-corrected chi connectivity index (χ3v) is 16.2. The van der Waals surface area contributed by atoms with Crippen molar-refractivity contribution in [3.63, 3.8) is 0 Å². The van der Waals surface area contributed by atoms with Gasteiger partial charge in [-0.1, -0.05) is 6.92 Å². The molecule has 4 saturated carbocycles. The Morgan fingerprint density at radius 1 is 0.500 bits per heavy atom. The summed E-state index contributed by atoms with van der Waals surface area (Å²) < 4.78 is 26.3. The summed E-state index contributed by atoms with van der Waals surface area (Å²) in [6, 6.07) is 0. The van der Waals surface area contributed by atoms with Gasteiger partial charge < -0.3 is 0 Å². The van der Waals surface area contributed by atoms with Crippen molar-refractivity contribution < 1.29 is 8.42 Å². The SMILES string of the molecule is CSC1CCC(SC2CCC(SC3CCC(S(=O)(=O)C4CCC(C)CC4)CC3)CC2)CC1. The molecule has 32 heavy (non-hydrogen) atoms. The Bertz CT molecular complexity index is 649. The Morgan fingerprint density at radius 3 is 1.19 bits per heavy atom. The van der Waals surface area contributed by atoms with Gasteiger partial charge in [0.2, 0.25) is 0 Å². The molecule has 0 radical (unpaired) electrons. The average Bonchev–Trinajstić information content (AvgIpc) is 2.81. The van der Waals surface area contributed by atoms with Crippen LogP contribution >= 0.6 is 35.3 Å². The summed E-state index contributed by atoms with van der Waals surface area (Å²) in [7, 11) is -2.91. The minimum Gasteiger partial charge on any atom is -0.228 e. The van der Waals surface area contributed by atoms with Crippen LogP contribution in [0.15, 0.2) is 0 Å². The zero-order valence-electron chi connectivity index (χ0n) is 20.4. The molecule has 4 rings (SSSR count). The van der Waals surface area contributed by atoms with Crippen molar-refractivity contribution in [3.05, 3.63) is 0 Å². The van der Waals surface area contributed by atoms with E-state index in [1.807, 2.05) is 0 Å². The Hall–Kier alpha value is 1.00. The van der Waals surface area contributed by atoms with Gasteiger partial charge in [0.1, 0.15) is 0 Å². The van der Waals surface area contributed by atoms with E-state index in [4.69, 9.17) is 0 Å². The van der Waals surface area contributed by atoms with E-state index in [1.54, 1.807) is 0 Å². The molecule has 186 valence electrons. The summed E-state index contributed by atoms with van der Waals surface area (Å²) in [5.41, 5.74) is 0. The lowest BCUT2D eigenvalue weighted by Crippen LogP contribution is -2.37. The van der Waals surface area contributed by atoms with Crippen LogP contribution in [0, 0.1) is 5.92 Å². The molecule has 0 amide bonds. The summed E-state index contributed by atoms with van der Waals surface area (Å²) in [6.07, 6.45) is 21.8. The van der Waals surface area contributed by atoms with Crippen LogP contribution in [-0.2, 0) is 9.84 Å². The molecule has 4 fully saturated rings. The fourth-order valence-corrected chi connectivity index (χ4v) is 13.0. The van der Waals surface area contributed by atoms with Crippen LogP contribution in [0.25, 0.3) is 0 Å². The molecule has 0 atom stereocenters. The molecule has 0 spiro atoms. The van der Waals surface area contributed by atoms with Gasteiger partial charge in [-0.15, -0.1) is 0 Å². The van der Waals surface area contributed by atoms with Crippen molar-refractivity contribution in [3.8, 4) is 0 Å². The summed E-state index contributed by atoms with van der Waals surface area (Å²) in [4.78, 5) is 0. The Kier molecular flexibility index (Phi) is 10.0. The molecule has 0 aliphatic heterocycles. The van der Waals surface area contributed by atoms with Gasteiger partial charge in [-0.05, 0) is 115 Å². The minimum atomic E-state index is -2.91. The average molecular weight is 519 g/mol. The van der Waals surface area contributed by atoms with Crippen LogP contribution in [0.5, 0.6) is 0 Å². The van der Waals surface area contributed by atoms with Gasteiger partial charge in [-0.2, -0.15) is 35.3 Å². The summed E-state index contributed by atoms with van der Waals surface area (Å²) >= 11 is 6.64. The highest BCUT2D eigenvalue weighted by Gasteiger charge is 2.38. The summed E-state index contributed by atoms with van der Waals surface area (Å²) in [6.45, 7) is 2.27. The van der Waals surface area contributed by atoms with Gasteiger partial charge in [0, 0.05) is 26.2 Å². The molecule has 0 bridgehead atoms. The molecule has 0 heterocycles. The normalized spacial score (nSPS) is 41.9. The highest BCUT2D eigenvalue weighted by Crippen LogP contribution is 2.44. The van der Waals surface area contributed by atoms with Gasteiger partial charge in [0.25, 0.3) is 0 Å². The van der Waals surface area contributed by atoms with E-state index in [9.17, 15) is 8.42 Å². The Morgan fingerprint density at radius 2 is 0.812 bits per heavy atom. The van der Waals surface area contributed by atoms with Crippen LogP contribution in [0.2, 0.25) is 0 Å². The third-order valence-electron chi connectivity index (χ3n) is 8.86. The maximum atomic E-state index is 13.2. The predicted molar refractivity (Wildman–Crippen MR) is 147 cm³/mol. The topological polar surface area (TPSA) is 34.1 Å². The van der Waals surface area contributed by atoms with Crippen LogP contribution in [-0.4, -0.2) is 51.4 Å². The second kappa shape index (κ2) is 12.3. The first kappa shape index (κ1) is 26.1. The molecule has 0 aromatic heterocycles. The highest BCUT2D eigenvalue weighted by atomic mass is 32.2. The van der Waals surface area contributed by atoms with Crippen LogP contribution < -0.4 is 0 Å². The zero-order valence-corrected chi connectivity index (χ0v) is 23.6. The van der Waals surface area contributed by atoms with Crippen molar-refractivity contribution in [2.45, 2.75) is 146 Å². The quantitative estimate of drug-likeness (QED) is 0.344. The molecule has 0 aromatic carbocycles. The Balaban J connectivity index is 1.13. The molecule has 0 saturated heterocycles. The molecule has 0 aromatic rings. The second-order valence-electron chi connectivity index (χ2n) is 11.2. The molecular weight excluding hydrogens is 473 g/mol. The molecular formula is C26H46O2S4. The predicted octanol–water partition coefficient (Wildman–Crippen LogP) is 7.74. The summed E-state index contributed by atoms with van der Waals surface area (Å²) in [5.74, 6) is 0.720. The van der Waals surface area contributed by atoms with E-state index in [0.717, 1.165) is 78.3 Å². The lowest BCUT2D eigenvalue weighted by atomic mass is 9.91. The van der Waals surface area contributed by atoms with Crippen molar-refractivity contribution >= 4 is 45.1 Å². The lowest BCUT2D eigenvalue weighted by Gasteiger charge is -2.36. The van der Waals surface area contributed by atoms with Crippen molar-refractivity contribution in [1.29, 1.82) is 0 Å². The molecule has 0 N–H and O–H groups in total. The second-order valence-corrected chi connectivity index (χ2v) is 18.0. The van der Waals surface area contributed by atoms with Crippen molar-refractivity contribution in [1.82, 2.24) is 0 Å². The first-order valence-electron chi connectivity index (χ1n) is 13.5. The molecule has 0 unspecified atom stereocenters. The van der Waals surface area contributed by atoms with Crippen molar-refractivity contribution in [2.24, 2.45) is 5.92 Å². The maximum Gasteiger partial charge on any atom is 0.156 e. The monoisotopic (exact) mass is 518 g/mol. The van der Waals surface area contributed by atoms with E-state index < -0.39 is 9.84 Å². The van der Waals surface area contributed by atoms with E-state index in [-0.39, 0.29) is 10.5 Å². The van der Waals surface area contributed by atoms with Gasteiger partial charge >= 0.3 is 0 Å². The smallest absolute Gasteiger partial charge is 0.156 e. The van der Waals surface area contributed by atoms with E-state index in [2.05, 4.69) is 48.5 Å². The fraction of sp³-hybridized carbons (Fsp3) is 1.00. The largest absolute Gasteiger partial charge is 0.228 e. The van der Waals surface area contributed by atoms with Crippen LogP contribution in [0.4, 0.5) is 0 Å². The van der Waals surface area contributed by atoms with E-state index >= 15 is 0 Å². The number of sulfone groups is 1.